The molecular weight excluding hydrogens is 266 g/mol. The van der Waals surface area contributed by atoms with Crippen LogP contribution >= 0.6 is 0 Å². The molecule has 1 aliphatic carbocycles. The summed E-state index contributed by atoms with van der Waals surface area (Å²) in [6.07, 6.45) is 4.78. The Hall–Kier alpha value is -0.890. The summed E-state index contributed by atoms with van der Waals surface area (Å²) in [6, 6.07) is 2.15. The van der Waals surface area contributed by atoms with Crippen molar-refractivity contribution in [1.29, 1.82) is 0 Å². The van der Waals surface area contributed by atoms with Gasteiger partial charge in [0.25, 0.3) is 0 Å². The maximum Gasteiger partial charge on any atom is 0.242 e. The van der Waals surface area contributed by atoms with Crippen LogP contribution < -0.4 is 4.72 Å². The fourth-order valence-electron chi connectivity index (χ4n) is 2.61. The van der Waals surface area contributed by atoms with E-state index >= 15 is 0 Å². The van der Waals surface area contributed by atoms with E-state index in [1.807, 2.05) is 0 Å². The third-order valence-corrected chi connectivity index (χ3v) is 5.30. The van der Waals surface area contributed by atoms with Gasteiger partial charge in [-0.25, -0.2) is 13.1 Å². The smallest absolute Gasteiger partial charge is 0.242 e. The summed E-state index contributed by atoms with van der Waals surface area (Å²) >= 11 is 0. The molecule has 6 nitrogen and oxygen atoms in total. The van der Waals surface area contributed by atoms with Crippen LogP contribution in [0.15, 0.2) is 17.2 Å². The van der Waals surface area contributed by atoms with Crippen molar-refractivity contribution in [3.8, 4) is 0 Å². The molecule has 0 spiro atoms. The number of aliphatic hydroxyl groups is 1. The second-order valence-electron chi connectivity index (χ2n) is 5.35. The van der Waals surface area contributed by atoms with E-state index in [0.29, 0.717) is 11.7 Å². The molecule has 0 radical (unpaired) electrons. The van der Waals surface area contributed by atoms with Gasteiger partial charge in [-0.2, -0.15) is 0 Å². The number of H-pyrrole nitrogens is 1. The number of nitrogens with one attached hydrogen (secondary N) is 2. The summed E-state index contributed by atoms with van der Waals surface area (Å²) in [7, 11) is -3.48. The Balaban J connectivity index is 1.64. The van der Waals surface area contributed by atoms with Crippen molar-refractivity contribution < 1.29 is 13.5 Å². The van der Waals surface area contributed by atoms with Crippen molar-refractivity contribution in [2.24, 2.45) is 0 Å². The van der Waals surface area contributed by atoms with Gasteiger partial charge in [0.05, 0.1) is 11.5 Å². The summed E-state index contributed by atoms with van der Waals surface area (Å²) in [5.74, 6) is 0. The zero-order chi connectivity index (χ0) is 13.5. The van der Waals surface area contributed by atoms with Gasteiger partial charge >= 0.3 is 0 Å². The fourth-order valence-corrected chi connectivity index (χ4v) is 3.89. The highest BCUT2D eigenvalue weighted by Crippen LogP contribution is 2.30. The van der Waals surface area contributed by atoms with Crippen LogP contribution in [0.4, 0.5) is 0 Å². The molecule has 106 valence electrons. The maximum atomic E-state index is 12.2. The minimum absolute atomic E-state index is 0.00178. The lowest BCUT2D eigenvalue weighted by molar-refractivity contribution is 0.277. The number of aromatic nitrogens is 1. The number of likely N-dealkylation sites (tertiary alicyclic amines) is 1. The van der Waals surface area contributed by atoms with Crippen LogP contribution in [-0.2, 0) is 16.6 Å². The average molecular weight is 285 g/mol. The number of aliphatic hydroxyl groups excluding tert-OH is 1. The van der Waals surface area contributed by atoms with Crippen LogP contribution in [-0.4, -0.2) is 48.6 Å². The predicted octanol–water partition coefficient (Wildman–Crippen LogP) is 0.0220. The molecule has 7 heteroatoms. The van der Waals surface area contributed by atoms with Gasteiger partial charge < -0.3 is 10.1 Å². The lowest BCUT2D eigenvalue weighted by Crippen LogP contribution is -2.37. The van der Waals surface area contributed by atoms with E-state index in [1.165, 1.54) is 25.1 Å². The highest BCUT2D eigenvalue weighted by molar-refractivity contribution is 7.89. The molecule has 1 atom stereocenters. The third-order valence-electron chi connectivity index (χ3n) is 3.80. The van der Waals surface area contributed by atoms with Crippen LogP contribution in [0.2, 0.25) is 0 Å². The summed E-state index contributed by atoms with van der Waals surface area (Å²) in [5, 5.41) is 8.95. The van der Waals surface area contributed by atoms with Crippen LogP contribution in [0.5, 0.6) is 0 Å². The summed E-state index contributed by atoms with van der Waals surface area (Å²) < 4.78 is 27.1. The van der Waals surface area contributed by atoms with Gasteiger partial charge in [-0.1, -0.05) is 0 Å². The quantitative estimate of drug-likeness (QED) is 0.712. The lowest BCUT2D eigenvalue weighted by Gasteiger charge is -2.15. The molecule has 1 aromatic rings. The van der Waals surface area contributed by atoms with Gasteiger partial charge in [0.15, 0.2) is 0 Å². The first kappa shape index (κ1) is 13.1. The second kappa shape index (κ2) is 4.90. The van der Waals surface area contributed by atoms with Gasteiger partial charge in [0.2, 0.25) is 10.0 Å². The molecule has 1 aromatic heterocycles. The molecule has 1 saturated heterocycles. The zero-order valence-corrected chi connectivity index (χ0v) is 11.5. The fraction of sp³-hybridized carbons (Fsp3) is 0.667. The first-order valence-corrected chi connectivity index (χ1v) is 8.11. The van der Waals surface area contributed by atoms with Crippen molar-refractivity contribution in [2.45, 2.75) is 42.8 Å². The largest absolute Gasteiger partial charge is 0.390 e. The van der Waals surface area contributed by atoms with Crippen LogP contribution in [0, 0.1) is 0 Å². The van der Waals surface area contributed by atoms with E-state index in [1.54, 1.807) is 0 Å². The molecule has 3 rings (SSSR count). The number of rotatable bonds is 5. The number of sulfonamides is 1. The Morgan fingerprint density at radius 2 is 2.21 bits per heavy atom. The molecule has 2 aliphatic rings. The minimum Gasteiger partial charge on any atom is -0.390 e. The number of aromatic amines is 1. The van der Waals surface area contributed by atoms with Gasteiger partial charge in [-0.15, -0.1) is 0 Å². The SMILES string of the molecule is O=S(=O)(NC1CCN(C2CC2)C1)c1c[nH]c(CO)c1. The molecule has 3 N–H and O–H groups in total. The Kier molecular flexibility index (Phi) is 3.38. The van der Waals surface area contributed by atoms with Gasteiger partial charge in [0.1, 0.15) is 0 Å². The monoisotopic (exact) mass is 285 g/mol. The van der Waals surface area contributed by atoms with Crippen molar-refractivity contribution >= 4 is 10.0 Å². The zero-order valence-electron chi connectivity index (χ0n) is 10.7. The van der Waals surface area contributed by atoms with E-state index in [2.05, 4.69) is 14.6 Å². The highest BCUT2D eigenvalue weighted by atomic mass is 32.2. The number of hydrogen-bond acceptors (Lipinski definition) is 4. The Labute approximate surface area is 112 Å². The third kappa shape index (κ3) is 2.84. The van der Waals surface area contributed by atoms with E-state index in [-0.39, 0.29) is 17.5 Å². The first-order chi connectivity index (χ1) is 9.08. The molecule has 19 heavy (non-hydrogen) atoms. The molecule has 1 unspecified atom stereocenters. The van der Waals surface area contributed by atoms with E-state index in [4.69, 9.17) is 5.11 Å². The van der Waals surface area contributed by atoms with Gasteiger partial charge in [0, 0.05) is 37.1 Å². The van der Waals surface area contributed by atoms with E-state index < -0.39 is 10.0 Å². The lowest BCUT2D eigenvalue weighted by atomic mass is 10.3. The van der Waals surface area contributed by atoms with Crippen molar-refractivity contribution in [2.75, 3.05) is 13.1 Å². The Morgan fingerprint density at radius 3 is 2.84 bits per heavy atom. The summed E-state index contributed by atoms with van der Waals surface area (Å²) in [6.45, 7) is 1.60. The topological polar surface area (TPSA) is 85.4 Å². The predicted molar refractivity (Wildman–Crippen MR) is 70.0 cm³/mol. The van der Waals surface area contributed by atoms with E-state index in [0.717, 1.165) is 19.5 Å². The first-order valence-electron chi connectivity index (χ1n) is 6.63. The van der Waals surface area contributed by atoms with Gasteiger partial charge in [-0.3, -0.25) is 4.90 Å². The van der Waals surface area contributed by atoms with Crippen LogP contribution in [0.3, 0.4) is 0 Å². The van der Waals surface area contributed by atoms with Crippen molar-refractivity contribution in [1.82, 2.24) is 14.6 Å². The molecule has 2 fully saturated rings. The molecule has 0 bridgehead atoms. The van der Waals surface area contributed by atoms with Crippen LogP contribution in [0.25, 0.3) is 0 Å². The Morgan fingerprint density at radius 1 is 1.42 bits per heavy atom. The molecule has 2 heterocycles. The average Bonchev–Trinajstić information content (AvgIpc) is 2.92. The molecule has 0 aromatic carbocycles. The molecular formula is C12H19N3O3S. The Bertz CT molecular complexity index is 550. The highest BCUT2D eigenvalue weighted by Gasteiger charge is 2.35. The number of nitrogens with zero attached hydrogens (tertiary/aromatic N) is 1. The van der Waals surface area contributed by atoms with E-state index in [9.17, 15) is 8.42 Å². The standard InChI is InChI=1S/C12H19N3O3S/c16-8-10-5-12(6-13-10)19(17,18)14-9-3-4-15(7-9)11-1-2-11/h5-6,9,11,13-14,16H,1-4,7-8H2. The summed E-state index contributed by atoms with van der Waals surface area (Å²) in [4.78, 5) is 5.30. The normalized spacial score (nSPS) is 25.0. The second-order valence-corrected chi connectivity index (χ2v) is 7.07. The molecule has 0 amide bonds. The van der Waals surface area contributed by atoms with Gasteiger partial charge in [-0.05, 0) is 25.3 Å². The molecule has 1 saturated carbocycles. The minimum atomic E-state index is -3.48. The maximum absolute atomic E-state index is 12.2. The summed E-state index contributed by atoms with van der Waals surface area (Å²) in [5.41, 5.74) is 0.506. The molecule has 1 aliphatic heterocycles. The van der Waals surface area contributed by atoms with Crippen molar-refractivity contribution in [3.05, 3.63) is 18.0 Å². The van der Waals surface area contributed by atoms with Crippen LogP contribution in [0.1, 0.15) is 25.0 Å². The number of hydrogen-bond donors (Lipinski definition) is 3. The van der Waals surface area contributed by atoms with Crippen molar-refractivity contribution in [3.63, 3.8) is 0 Å².